The van der Waals surface area contributed by atoms with Crippen molar-refractivity contribution in [2.75, 3.05) is 17.0 Å². The number of unbranched alkanes of at least 4 members (excludes halogenated alkanes) is 5. The van der Waals surface area contributed by atoms with Gasteiger partial charge in [0.05, 0.1) is 17.4 Å². The molecule has 2 aromatic carbocycles. The van der Waals surface area contributed by atoms with Gasteiger partial charge in [0.1, 0.15) is 4.21 Å². The number of aliphatic hydroxyl groups is 1. The molecule has 0 aliphatic rings. The van der Waals surface area contributed by atoms with E-state index in [4.69, 9.17) is 4.18 Å². The summed E-state index contributed by atoms with van der Waals surface area (Å²) in [6.07, 6.45) is 7.57. The first-order chi connectivity index (χ1) is 20.6. The number of hydrogen-bond donors (Lipinski definition) is 4. The topological polar surface area (TPSA) is 138 Å². The molecule has 0 amide bonds. The maximum Gasteiger partial charge on any atom is 0.309 e. The molecule has 2 heterocycles. The fourth-order valence-electron chi connectivity index (χ4n) is 4.92. The zero-order valence-electron chi connectivity index (χ0n) is 24.6. The summed E-state index contributed by atoms with van der Waals surface area (Å²) in [6.45, 7) is 4.41. The zero-order chi connectivity index (χ0) is 30.9. The minimum Gasteiger partial charge on any atom is -0.387 e. The number of H-pyrrole nitrogens is 1. The number of rotatable bonds is 18. The molecule has 2 atom stereocenters. The van der Waals surface area contributed by atoms with E-state index >= 15 is 0 Å². The largest absolute Gasteiger partial charge is 0.387 e. The van der Waals surface area contributed by atoms with Gasteiger partial charge in [0.15, 0.2) is 5.75 Å². The third kappa shape index (κ3) is 9.54. The van der Waals surface area contributed by atoms with E-state index in [9.17, 15) is 21.9 Å². The minimum atomic E-state index is -3.70. The van der Waals surface area contributed by atoms with Crippen LogP contribution in [0.2, 0.25) is 0 Å². The number of sulfonamides is 1. The van der Waals surface area contributed by atoms with Crippen LogP contribution in [0.4, 0.5) is 5.69 Å². The number of aromatic amines is 1. The third-order valence-electron chi connectivity index (χ3n) is 7.20. The monoisotopic (exact) mass is 647 g/mol. The molecule has 0 radical (unpaired) electrons. The Kier molecular flexibility index (Phi) is 11.7. The molecule has 12 heteroatoms. The van der Waals surface area contributed by atoms with E-state index in [1.165, 1.54) is 12.5 Å². The van der Waals surface area contributed by atoms with Gasteiger partial charge in [0, 0.05) is 29.9 Å². The van der Waals surface area contributed by atoms with E-state index in [-0.39, 0.29) is 22.5 Å². The van der Waals surface area contributed by atoms with Gasteiger partial charge in [-0.2, -0.15) is 8.42 Å². The highest BCUT2D eigenvalue weighted by Crippen LogP contribution is 2.29. The van der Waals surface area contributed by atoms with Crippen LogP contribution in [-0.4, -0.2) is 45.3 Å². The Morgan fingerprint density at radius 2 is 1.74 bits per heavy atom. The second-order valence-electron chi connectivity index (χ2n) is 10.8. The number of aromatic nitrogens is 1. The Bertz CT molecular complexity index is 1670. The van der Waals surface area contributed by atoms with Crippen molar-refractivity contribution in [2.45, 2.75) is 75.1 Å². The van der Waals surface area contributed by atoms with Crippen LogP contribution in [0.3, 0.4) is 0 Å². The second kappa shape index (κ2) is 15.2. The number of aliphatic hydroxyl groups excluding tert-OH is 1. The molecule has 0 bridgehead atoms. The lowest BCUT2D eigenvalue weighted by molar-refractivity contribution is 0.170. The Labute approximate surface area is 258 Å². The molecule has 0 aliphatic carbocycles. The quantitative estimate of drug-likeness (QED) is 0.0729. The molecule has 4 rings (SSSR count). The van der Waals surface area contributed by atoms with Crippen molar-refractivity contribution >= 4 is 48.1 Å². The molecule has 0 fully saturated rings. The number of para-hydroxylation sites is 1. The van der Waals surface area contributed by atoms with Gasteiger partial charge in [-0.05, 0) is 60.5 Å². The Morgan fingerprint density at radius 3 is 2.51 bits per heavy atom. The number of fused-ring (bicyclic) bond motifs is 1. The predicted molar refractivity (Wildman–Crippen MR) is 174 cm³/mol. The number of thiophene rings is 1. The van der Waals surface area contributed by atoms with Gasteiger partial charge < -0.3 is 19.6 Å². The lowest BCUT2D eigenvalue weighted by atomic mass is 10.0. The van der Waals surface area contributed by atoms with Crippen LogP contribution in [0, 0.1) is 0 Å². The van der Waals surface area contributed by atoms with Gasteiger partial charge >= 0.3 is 10.1 Å². The minimum absolute atomic E-state index is 0.00419. The van der Waals surface area contributed by atoms with E-state index < -0.39 is 26.2 Å². The summed E-state index contributed by atoms with van der Waals surface area (Å²) in [4.78, 5) is 3.18. The summed E-state index contributed by atoms with van der Waals surface area (Å²) in [5, 5.41) is 16.7. The van der Waals surface area contributed by atoms with Crippen molar-refractivity contribution < 1.29 is 26.1 Å². The van der Waals surface area contributed by atoms with Crippen molar-refractivity contribution in [2.24, 2.45) is 0 Å². The van der Waals surface area contributed by atoms with Crippen molar-refractivity contribution in [1.82, 2.24) is 10.3 Å². The molecule has 4 aromatic rings. The van der Waals surface area contributed by atoms with Gasteiger partial charge in [0.25, 0.3) is 10.0 Å². The highest BCUT2D eigenvalue weighted by atomic mass is 32.2. The molecular weight excluding hydrogens is 607 g/mol. The van der Waals surface area contributed by atoms with Crippen LogP contribution >= 0.6 is 11.3 Å². The molecule has 234 valence electrons. The lowest BCUT2D eigenvalue weighted by Gasteiger charge is -2.18. The van der Waals surface area contributed by atoms with Crippen LogP contribution in [0.25, 0.3) is 10.9 Å². The lowest BCUT2D eigenvalue weighted by Crippen LogP contribution is -2.32. The summed E-state index contributed by atoms with van der Waals surface area (Å²) in [6, 6.07) is 15.3. The summed E-state index contributed by atoms with van der Waals surface area (Å²) >= 11 is 1.14. The summed E-state index contributed by atoms with van der Waals surface area (Å²) in [5.74, 6) is 0.288. The SMILES string of the molecule is CCCCCCCCS(=O)(=O)Oc1cccc2c(C[C@@H](C)NC[C@H](O)c3cccc(NS(=O)(=O)c4cccs4)c3)c[nH]c12. The first-order valence-electron chi connectivity index (χ1n) is 14.7. The molecule has 0 unspecified atom stereocenters. The number of benzene rings is 2. The molecule has 4 N–H and O–H groups in total. The smallest absolute Gasteiger partial charge is 0.309 e. The Balaban J connectivity index is 1.31. The Morgan fingerprint density at radius 1 is 0.977 bits per heavy atom. The summed E-state index contributed by atoms with van der Waals surface area (Å²) < 4.78 is 58.7. The van der Waals surface area contributed by atoms with Crippen LogP contribution in [0.1, 0.15) is 69.6 Å². The standard InChI is InChI=1S/C31H41N3O6S3/c1-3-4-5-6-7-8-18-42(36,37)40-29-15-10-14-27-25(21-33-31(27)29)19-23(2)32-22-28(35)24-12-9-13-26(20-24)34-43(38,39)30-16-11-17-41-30/h9-17,20-21,23,28,32-35H,3-8,18-19,22H2,1-2H3/t23-,28+/m1/s1. The second-order valence-corrected chi connectivity index (χ2v) is 15.3. The van der Waals surface area contributed by atoms with Crippen molar-refractivity contribution in [3.8, 4) is 5.75 Å². The van der Waals surface area contributed by atoms with E-state index in [1.54, 1.807) is 47.8 Å². The van der Waals surface area contributed by atoms with Gasteiger partial charge in [-0.25, -0.2) is 8.42 Å². The highest BCUT2D eigenvalue weighted by Gasteiger charge is 2.19. The van der Waals surface area contributed by atoms with E-state index in [0.29, 0.717) is 35.4 Å². The molecular formula is C31H41N3O6S3. The third-order valence-corrected chi connectivity index (χ3v) is 11.2. The number of hydrogen-bond acceptors (Lipinski definition) is 8. The van der Waals surface area contributed by atoms with Gasteiger partial charge in [-0.15, -0.1) is 11.3 Å². The zero-order valence-corrected chi connectivity index (χ0v) is 27.0. The van der Waals surface area contributed by atoms with E-state index in [1.807, 2.05) is 19.2 Å². The maximum absolute atomic E-state index is 12.6. The van der Waals surface area contributed by atoms with Crippen LogP contribution in [-0.2, 0) is 26.6 Å². The van der Waals surface area contributed by atoms with Gasteiger partial charge in [0.2, 0.25) is 0 Å². The Hall–Kier alpha value is -2.90. The average molecular weight is 648 g/mol. The van der Waals surface area contributed by atoms with Crippen molar-refractivity contribution in [1.29, 1.82) is 0 Å². The average Bonchev–Trinajstić information content (AvgIpc) is 3.66. The fraction of sp³-hybridized carbons (Fsp3) is 0.419. The van der Waals surface area contributed by atoms with Crippen LogP contribution in [0.15, 0.2) is 70.4 Å². The molecule has 0 spiro atoms. The van der Waals surface area contributed by atoms with Crippen molar-refractivity contribution in [3.63, 3.8) is 0 Å². The van der Waals surface area contributed by atoms with E-state index in [2.05, 4.69) is 21.9 Å². The van der Waals surface area contributed by atoms with E-state index in [0.717, 1.165) is 48.0 Å². The molecule has 9 nitrogen and oxygen atoms in total. The molecule has 43 heavy (non-hydrogen) atoms. The molecule has 0 aliphatic heterocycles. The van der Waals surface area contributed by atoms with Crippen molar-refractivity contribution in [3.05, 3.63) is 77.3 Å². The molecule has 2 aromatic heterocycles. The van der Waals surface area contributed by atoms with Gasteiger partial charge in [-0.3, -0.25) is 4.72 Å². The maximum atomic E-state index is 12.6. The summed E-state index contributed by atoms with van der Waals surface area (Å²) in [7, 11) is -7.38. The predicted octanol–water partition coefficient (Wildman–Crippen LogP) is 6.35. The first-order valence-corrected chi connectivity index (χ1v) is 18.6. The molecule has 0 saturated carbocycles. The highest BCUT2D eigenvalue weighted by molar-refractivity contribution is 7.94. The van der Waals surface area contributed by atoms with Crippen LogP contribution in [0.5, 0.6) is 5.75 Å². The number of anilines is 1. The van der Waals surface area contributed by atoms with Gasteiger partial charge in [-0.1, -0.05) is 69.4 Å². The first kappa shape index (κ1) is 33.0. The van der Waals surface area contributed by atoms with Crippen LogP contribution < -0.4 is 14.2 Å². The number of nitrogens with one attached hydrogen (secondary N) is 3. The normalized spacial score (nSPS) is 13.7. The molecule has 0 saturated heterocycles. The summed E-state index contributed by atoms with van der Waals surface area (Å²) in [5.41, 5.74) is 2.59. The fourth-order valence-corrected chi connectivity index (χ4v) is 8.02.